The lowest BCUT2D eigenvalue weighted by Gasteiger charge is -2.16. The van der Waals surface area contributed by atoms with Gasteiger partial charge >= 0.3 is 0 Å². The molecule has 25 heavy (non-hydrogen) atoms. The van der Waals surface area contributed by atoms with Gasteiger partial charge in [-0.05, 0) is 36.4 Å². The standard InChI is InChI=1S/C18H15Cl2N3O2/c1-23(18(24)12-6-8-13(19)9-7-12)11-10-16-21-17(25-22-16)14-4-2-3-5-15(14)20/h2-9H,10-11H2,1H3. The molecule has 0 saturated carbocycles. The summed E-state index contributed by atoms with van der Waals surface area (Å²) < 4.78 is 5.26. The third-order valence-electron chi connectivity index (χ3n) is 3.68. The van der Waals surface area contributed by atoms with Gasteiger partial charge < -0.3 is 9.42 Å². The van der Waals surface area contributed by atoms with E-state index in [0.29, 0.717) is 45.9 Å². The molecule has 1 amide bonds. The van der Waals surface area contributed by atoms with Crippen LogP contribution in [0.4, 0.5) is 0 Å². The van der Waals surface area contributed by atoms with Gasteiger partial charge in [0.25, 0.3) is 11.8 Å². The molecule has 3 rings (SSSR count). The van der Waals surface area contributed by atoms with Gasteiger partial charge in [-0.2, -0.15) is 4.98 Å². The minimum absolute atomic E-state index is 0.0912. The molecule has 0 unspecified atom stereocenters. The Bertz CT molecular complexity index is 878. The molecule has 0 fully saturated rings. The van der Waals surface area contributed by atoms with Crippen molar-refractivity contribution in [3.05, 3.63) is 70.0 Å². The van der Waals surface area contributed by atoms with E-state index in [0.717, 1.165) is 0 Å². The van der Waals surface area contributed by atoms with Crippen LogP contribution < -0.4 is 0 Å². The van der Waals surface area contributed by atoms with Gasteiger partial charge in [0.15, 0.2) is 5.82 Å². The van der Waals surface area contributed by atoms with Gasteiger partial charge in [0, 0.05) is 30.6 Å². The summed E-state index contributed by atoms with van der Waals surface area (Å²) >= 11 is 12.0. The Morgan fingerprint density at radius 2 is 1.84 bits per heavy atom. The molecule has 128 valence electrons. The largest absolute Gasteiger partial charge is 0.341 e. The minimum atomic E-state index is -0.0912. The van der Waals surface area contributed by atoms with Crippen molar-refractivity contribution in [3.8, 4) is 11.5 Å². The highest BCUT2D eigenvalue weighted by atomic mass is 35.5. The maximum absolute atomic E-state index is 12.3. The smallest absolute Gasteiger partial charge is 0.259 e. The molecular formula is C18H15Cl2N3O2. The van der Waals surface area contributed by atoms with Crippen molar-refractivity contribution < 1.29 is 9.32 Å². The first kappa shape index (κ1) is 17.5. The number of halogens is 2. The fraction of sp³-hybridized carbons (Fsp3) is 0.167. The molecule has 0 aliphatic heterocycles. The Balaban J connectivity index is 1.63. The highest BCUT2D eigenvalue weighted by molar-refractivity contribution is 6.33. The predicted octanol–water partition coefficient (Wildman–Crippen LogP) is 4.36. The molecule has 0 spiro atoms. The molecule has 0 N–H and O–H groups in total. The maximum atomic E-state index is 12.3. The summed E-state index contributed by atoms with van der Waals surface area (Å²) in [7, 11) is 1.73. The second-order valence-corrected chi connectivity index (χ2v) is 6.32. The molecule has 7 heteroatoms. The van der Waals surface area contributed by atoms with E-state index in [1.807, 2.05) is 18.2 Å². The average Bonchev–Trinajstić information content (AvgIpc) is 3.09. The van der Waals surface area contributed by atoms with E-state index in [1.54, 1.807) is 42.3 Å². The van der Waals surface area contributed by atoms with Crippen LogP contribution in [0.25, 0.3) is 11.5 Å². The summed E-state index contributed by atoms with van der Waals surface area (Å²) in [6.45, 7) is 0.461. The van der Waals surface area contributed by atoms with Crippen LogP contribution >= 0.6 is 23.2 Å². The Morgan fingerprint density at radius 3 is 2.56 bits per heavy atom. The van der Waals surface area contributed by atoms with Crippen molar-refractivity contribution in [1.82, 2.24) is 15.0 Å². The molecule has 0 atom stereocenters. The van der Waals surface area contributed by atoms with Crippen LogP contribution in [-0.2, 0) is 6.42 Å². The van der Waals surface area contributed by atoms with E-state index in [9.17, 15) is 4.79 Å². The van der Waals surface area contributed by atoms with E-state index in [-0.39, 0.29) is 5.91 Å². The van der Waals surface area contributed by atoms with Gasteiger partial charge in [0.05, 0.1) is 10.6 Å². The number of carbonyl (C=O) groups is 1. The van der Waals surface area contributed by atoms with E-state index in [4.69, 9.17) is 27.7 Å². The molecule has 1 aromatic heterocycles. The van der Waals surface area contributed by atoms with E-state index in [1.165, 1.54) is 0 Å². The zero-order valence-corrected chi connectivity index (χ0v) is 15.0. The molecular weight excluding hydrogens is 361 g/mol. The summed E-state index contributed by atoms with van der Waals surface area (Å²) in [6, 6.07) is 14.0. The van der Waals surface area contributed by atoms with Crippen LogP contribution in [0.1, 0.15) is 16.2 Å². The molecule has 3 aromatic rings. The van der Waals surface area contributed by atoms with E-state index >= 15 is 0 Å². The highest BCUT2D eigenvalue weighted by Crippen LogP contribution is 2.25. The number of likely N-dealkylation sites (N-methyl/N-ethyl adjacent to an activating group) is 1. The van der Waals surface area contributed by atoms with Gasteiger partial charge in [0.1, 0.15) is 0 Å². The third kappa shape index (κ3) is 4.18. The van der Waals surface area contributed by atoms with E-state index in [2.05, 4.69) is 10.1 Å². The number of rotatable bonds is 5. The Labute approximate surface area is 155 Å². The number of hydrogen-bond donors (Lipinski definition) is 0. The molecule has 0 aliphatic carbocycles. The average molecular weight is 376 g/mol. The molecule has 2 aromatic carbocycles. The van der Waals surface area contributed by atoms with Crippen molar-refractivity contribution >= 4 is 29.1 Å². The predicted molar refractivity (Wildman–Crippen MR) is 96.9 cm³/mol. The first-order valence-corrected chi connectivity index (χ1v) is 8.38. The van der Waals surface area contributed by atoms with Crippen molar-refractivity contribution in [2.75, 3.05) is 13.6 Å². The Hall–Kier alpha value is -2.37. The van der Waals surface area contributed by atoms with Crippen molar-refractivity contribution in [1.29, 1.82) is 0 Å². The Kier molecular flexibility index (Phi) is 5.36. The third-order valence-corrected chi connectivity index (χ3v) is 4.26. The van der Waals surface area contributed by atoms with Gasteiger partial charge in [-0.1, -0.05) is 40.5 Å². The van der Waals surface area contributed by atoms with E-state index < -0.39 is 0 Å². The number of nitrogens with zero attached hydrogens (tertiary/aromatic N) is 3. The lowest BCUT2D eigenvalue weighted by molar-refractivity contribution is 0.0796. The number of benzene rings is 2. The van der Waals surface area contributed by atoms with Crippen molar-refractivity contribution in [2.24, 2.45) is 0 Å². The number of amides is 1. The lowest BCUT2D eigenvalue weighted by atomic mass is 10.2. The molecule has 0 saturated heterocycles. The second kappa shape index (κ2) is 7.68. The van der Waals surface area contributed by atoms with Gasteiger partial charge in [-0.25, -0.2) is 0 Å². The van der Waals surface area contributed by atoms with Gasteiger partial charge in [-0.15, -0.1) is 0 Å². The second-order valence-electron chi connectivity index (χ2n) is 5.48. The number of hydrogen-bond acceptors (Lipinski definition) is 4. The Morgan fingerprint density at radius 1 is 1.12 bits per heavy atom. The molecule has 1 heterocycles. The summed E-state index contributed by atoms with van der Waals surface area (Å²) in [6.07, 6.45) is 0.476. The monoisotopic (exact) mass is 375 g/mol. The van der Waals surface area contributed by atoms with Crippen LogP contribution in [0, 0.1) is 0 Å². The van der Waals surface area contributed by atoms with Crippen molar-refractivity contribution in [2.45, 2.75) is 6.42 Å². The molecule has 0 radical (unpaired) electrons. The fourth-order valence-electron chi connectivity index (χ4n) is 2.28. The molecule has 5 nitrogen and oxygen atoms in total. The minimum Gasteiger partial charge on any atom is -0.341 e. The topological polar surface area (TPSA) is 59.2 Å². The van der Waals surface area contributed by atoms with Crippen LogP contribution in [0.15, 0.2) is 53.1 Å². The van der Waals surface area contributed by atoms with Gasteiger partial charge in [0.2, 0.25) is 0 Å². The SMILES string of the molecule is CN(CCc1noc(-c2ccccc2Cl)n1)C(=O)c1ccc(Cl)cc1. The first-order valence-electron chi connectivity index (χ1n) is 7.63. The van der Waals surface area contributed by atoms with Crippen LogP contribution in [-0.4, -0.2) is 34.5 Å². The van der Waals surface area contributed by atoms with Crippen molar-refractivity contribution in [3.63, 3.8) is 0 Å². The van der Waals surface area contributed by atoms with Crippen LogP contribution in [0.5, 0.6) is 0 Å². The highest BCUT2D eigenvalue weighted by Gasteiger charge is 2.15. The molecule has 0 aliphatic rings. The summed E-state index contributed by atoms with van der Waals surface area (Å²) in [5, 5.41) is 5.09. The quantitative estimate of drug-likeness (QED) is 0.664. The van der Waals surface area contributed by atoms with Crippen LogP contribution in [0.3, 0.4) is 0 Å². The summed E-state index contributed by atoms with van der Waals surface area (Å²) in [5.41, 5.74) is 1.27. The lowest BCUT2D eigenvalue weighted by Crippen LogP contribution is -2.29. The molecule has 0 bridgehead atoms. The maximum Gasteiger partial charge on any atom is 0.259 e. The zero-order valence-electron chi connectivity index (χ0n) is 13.4. The van der Waals surface area contributed by atoms with Crippen LogP contribution in [0.2, 0.25) is 10.0 Å². The first-order chi connectivity index (χ1) is 12.0. The fourth-order valence-corrected chi connectivity index (χ4v) is 2.62. The normalized spacial score (nSPS) is 10.7. The summed E-state index contributed by atoms with van der Waals surface area (Å²) in [4.78, 5) is 18.3. The summed E-state index contributed by atoms with van der Waals surface area (Å²) in [5.74, 6) is 0.796. The van der Waals surface area contributed by atoms with Gasteiger partial charge in [-0.3, -0.25) is 4.79 Å². The number of aromatic nitrogens is 2. The zero-order chi connectivity index (χ0) is 17.8. The number of carbonyl (C=O) groups excluding carboxylic acids is 1.